The van der Waals surface area contributed by atoms with Crippen molar-refractivity contribution < 1.29 is 5.11 Å². The van der Waals surface area contributed by atoms with Crippen LogP contribution in [0.3, 0.4) is 0 Å². The van der Waals surface area contributed by atoms with E-state index in [1.165, 1.54) is 11.4 Å². The molecule has 0 aliphatic heterocycles. The Kier molecular flexibility index (Phi) is 3.34. The van der Waals surface area contributed by atoms with Crippen molar-refractivity contribution in [1.82, 2.24) is 14.5 Å². The van der Waals surface area contributed by atoms with Crippen LogP contribution in [-0.2, 0) is 6.42 Å². The zero-order valence-electron chi connectivity index (χ0n) is 12.7. The van der Waals surface area contributed by atoms with Gasteiger partial charge in [-0.05, 0) is 51.5 Å². The molecule has 0 spiro atoms. The van der Waals surface area contributed by atoms with Gasteiger partial charge in [0.15, 0.2) is 10.8 Å². The number of pyridine rings is 1. The van der Waals surface area contributed by atoms with Gasteiger partial charge in [0.25, 0.3) is 0 Å². The Morgan fingerprint density at radius 3 is 2.52 bits per heavy atom. The lowest BCUT2D eigenvalue weighted by atomic mass is 10.0. The summed E-state index contributed by atoms with van der Waals surface area (Å²) in [6.45, 7) is 7.77. The Morgan fingerprint density at radius 1 is 1.24 bits per heavy atom. The van der Waals surface area contributed by atoms with E-state index in [4.69, 9.17) is 0 Å². The lowest BCUT2D eigenvalue weighted by Gasteiger charge is -2.16. The Balaban J connectivity index is 2.05. The molecule has 0 bridgehead atoms. The van der Waals surface area contributed by atoms with Crippen LogP contribution in [0.2, 0.25) is 0 Å². The summed E-state index contributed by atoms with van der Waals surface area (Å²) in [7, 11) is 0. The molecule has 0 atom stereocenters. The fourth-order valence-electron chi connectivity index (χ4n) is 2.51. The molecule has 0 radical (unpaired) electrons. The Morgan fingerprint density at radius 2 is 1.90 bits per heavy atom. The first kappa shape index (κ1) is 14.2. The van der Waals surface area contributed by atoms with Crippen LogP contribution < -0.4 is 0 Å². The molecule has 5 heteroatoms. The van der Waals surface area contributed by atoms with E-state index in [-0.39, 0.29) is 0 Å². The third-order valence-electron chi connectivity index (χ3n) is 3.39. The monoisotopic (exact) mass is 301 g/mol. The van der Waals surface area contributed by atoms with Gasteiger partial charge in [0, 0.05) is 24.0 Å². The molecule has 1 N–H and O–H groups in total. The topological polar surface area (TPSA) is 50.9 Å². The minimum atomic E-state index is -0.726. The zero-order valence-corrected chi connectivity index (χ0v) is 13.5. The first-order valence-electron chi connectivity index (χ1n) is 6.97. The van der Waals surface area contributed by atoms with Crippen molar-refractivity contribution in [1.29, 1.82) is 0 Å². The Hall–Kier alpha value is -1.72. The van der Waals surface area contributed by atoms with Crippen LogP contribution in [0.1, 0.15) is 30.8 Å². The van der Waals surface area contributed by atoms with Crippen molar-refractivity contribution in [3.05, 3.63) is 41.3 Å². The number of aliphatic hydroxyl groups is 1. The molecular weight excluding hydrogens is 282 g/mol. The van der Waals surface area contributed by atoms with Gasteiger partial charge in [-0.3, -0.25) is 4.57 Å². The number of hydrogen-bond donors (Lipinski definition) is 1. The van der Waals surface area contributed by atoms with Gasteiger partial charge in [0.05, 0.1) is 10.3 Å². The van der Waals surface area contributed by atoms with Crippen LogP contribution >= 0.6 is 11.3 Å². The number of aryl methyl sites for hydroxylation is 2. The Labute approximate surface area is 128 Å². The standard InChI is InChI=1S/C16H19N3OS/c1-10-5-6-11(2)19(10)15-18-14-13(21-15)7-12(9-17-14)8-16(3,4)20/h5-7,9,20H,8H2,1-4H3. The molecule has 4 nitrogen and oxygen atoms in total. The first-order valence-corrected chi connectivity index (χ1v) is 7.78. The van der Waals surface area contributed by atoms with Gasteiger partial charge < -0.3 is 5.11 Å². The van der Waals surface area contributed by atoms with Crippen molar-refractivity contribution in [2.45, 2.75) is 39.7 Å². The maximum atomic E-state index is 9.93. The zero-order chi connectivity index (χ0) is 15.2. The summed E-state index contributed by atoms with van der Waals surface area (Å²) in [5.41, 5.74) is 3.41. The largest absolute Gasteiger partial charge is 0.390 e. The van der Waals surface area contributed by atoms with E-state index >= 15 is 0 Å². The van der Waals surface area contributed by atoms with Crippen LogP contribution in [0.25, 0.3) is 15.5 Å². The summed E-state index contributed by atoms with van der Waals surface area (Å²) in [4.78, 5) is 9.05. The highest BCUT2D eigenvalue weighted by molar-refractivity contribution is 7.20. The summed E-state index contributed by atoms with van der Waals surface area (Å²) in [6.07, 6.45) is 2.39. The molecule has 0 saturated heterocycles. The van der Waals surface area contributed by atoms with Crippen molar-refractivity contribution in [2.75, 3.05) is 0 Å². The van der Waals surface area contributed by atoms with Gasteiger partial charge >= 0.3 is 0 Å². The molecule has 110 valence electrons. The second-order valence-corrected chi connectivity index (χ2v) is 7.11. The molecule has 0 unspecified atom stereocenters. The number of thiazole rings is 1. The predicted octanol–water partition coefficient (Wildman–Crippen LogP) is 3.41. The average molecular weight is 301 g/mol. The SMILES string of the molecule is Cc1ccc(C)n1-c1nc2ncc(CC(C)(C)O)cc2s1. The number of aromatic nitrogens is 3. The minimum absolute atomic E-state index is 0.588. The van der Waals surface area contributed by atoms with E-state index in [9.17, 15) is 5.11 Å². The molecule has 3 rings (SSSR count). The summed E-state index contributed by atoms with van der Waals surface area (Å²) in [5.74, 6) is 0. The van der Waals surface area contributed by atoms with Crippen LogP contribution in [-0.4, -0.2) is 25.2 Å². The fourth-order valence-corrected chi connectivity index (χ4v) is 3.62. The maximum Gasteiger partial charge on any atom is 0.196 e. The smallest absolute Gasteiger partial charge is 0.196 e. The molecule has 0 aromatic carbocycles. The van der Waals surface area contributed by atoms with E-state index in [2.05, 4.69) is 46.6 Å². The Bertz CT molecular complexity index is 776. The summed E-state index contributed by atoms with van der Waals surface area (Å²) >= 11 is 1.63. The lowest BCUT2D eigenvalue weighted by molar-refractivity contribution is 0.0809. The number of hydrogen-bond acceptors (Lipinski definition) is 4. The van der Waals surface area contributed by atoms with E-state index in [0.29, 0.717) is 6.42 Å². The number of fused-ring (bicyclic) bond motifs is 1. The van der Waals surface area contributed by atoms with Crippen molar-refractivity contribution in [3.8, 4) is 5.13 Å². The van der Waals surface area contributed by atoms with E-state index in [1.54, 1.807) is 17.5 Å². The van der Waals surface area contributed by atoms with Gasteiger partial charge in [-0.25, -0.2) is 4.98 Å². The van der Waals surface area contributed by atoms with E-state index < -0.39 is 5.60 Å². The van der Waals surface area contributed by atoms with Crippen LogP contribution in [0.5, 0.6) is 0 Å². The summed E-state index contributed by atoms with van der Waals surface area (Å²) < 4.78 is 3.20. The highest BCUT2D eigenvalue weighted by Crippen LogP contribution is 2.27. The molecule has 0 saturated carbocycles. The van der Waals surface area contributed by atoms with Gasteiger partial charge in [-0.1, -0.05) is 11.3 Å². The van der Waals surface area contributed by atoms with Gasteiger partial charge in [-0.2, -0.15) is 4.98 Å². The minimum Gasteiger partial charge on any atom is -0.390 e. The van der Waals surface area contributed by atoms with E-state index in [0.717, 1.165) is 21.0 Å². The second kappa shape index (κ2) is 4.93. The molecule has 0 fully saturated rings. The van der Waals surface area contributed by atoms with Crippen molar-refractivity contribution >= 4 is 21.7 Å². The molecule has 3 aromatic rings. The first-order chi connectivity index (χ1) is 9.83. The van der Waals surface area contributed by atoms with Crippen molar-refractivity contribution in [2.24, 2.45) is 0 Å². The number of nitrogens with zero attached hydrogens (tertiary/aromatic N) is 3. The molecule has 0 aliphatic carbocycles. The van der Waals surface area contributed by atoms with Gasteiger partial charge in [0.1, 0.15) is 0 Å². The molecule has 3 aromatic heterocycles. The maximum absolute atomic E-state index is 9.93. The van der Waals surface area contributed by atoms with Crippen molar-refractivity contribution in [3.63, 3.8) is 0 Å². The highest BCUT2D eigenvalue weighted by Gasteiger charge is 2.16. The fraction of sp³-hybridized carbons (Fsp3) is 0.375. The quantitative estimate of drug-likeness (QED) is 0.806. The molecular formula is C16H19N3OS. The summed E-state index contributed by atoms with van der Waals surface area (Å²) in [6, 6.07) is 6.26. The predicted molar refractivity (Wildman–Crippen MR) is 86.2 cm³/mol. The molecule has 3 heterocycles. The lowest BCUT2D eigenvalue weighted by Crippen LogP contribution is -2.21. The van der Waals surface area contributed by atoms with E-state index in [1.807, 2.05) is 13.8 Å². The second-order valence-electron chi connectivity index (χ2n) is 6.10. The van der Waals surface area contributed by atoms with Gasteiger partial charge in [-0.15, -0.1) is 0 Å². The molecule has 21 heavy (non-hydrogen) atoms. The average Bonchev–Trinajstić information content (AvgIpc) is 2.90. The third kappa shape index (κ3) is 2.84. The molecule has 0 aliphatic rings. The highest BCUT2D eigenvalue weighted by atomic mass is 32.1. The van der Waals surface area contributed by atoms with Gasteiger partial charge in [0.2, 0.25) is 0 Å². The van der Waals surface area contributed by atoms with Crippen LogP contribution in [0, 0.1) is 13.8 Å². The number of rotatable bonds is 3. The normalized spacial score (nSPS) is 12.2. The third-order valence-corrected chi connectivity index (χ3v) is 4.37. The van der Waals surface area contributed by atoms with Crippen LogP contribution in [0.4, 0.5) is 0 Å². The van der Waals surface area contributed by atoms with Crippen LogP contribution in [0.15, 0.2) is 24.4 Å². The summed E-state index contributed by atoms with van der Waals surface area (Å²) in [5, 5.41) is 10.9. The molecule has 0 amide bonds.